The van der Waals surface area contributed by atoms with Crippen molar-refractivity contribution < 1.29 is 4.74 Å². The Balaban J connectivity index is 2.40. The second-order valence-electron chi connectivity index (χ2n) is 4.49. The van der Waals surface area contributed by atoms with Crippen LogP contribution in [0.1, 0.15) is 53.4 Å². The zero-order valence-corrected chi connectivity index (χ0v) is 10.9. The third-order valence-corrected chi connectivity index (χ3v) is 2.73. The molecule has 1 aliphatic carbocycles. The largest absolute Gasteiger partial charge is 0.373 e. The van der Waals surface area contributed by atoms with Crippen LogP contribution in [0.5, 0.6) is 0 Å². The molecule has 2 atom stereocenters. The van der Waals surface area contributed by atoms with Gasteiger partial charge in [-0.3, -0.25) is 0 Å². The highest BCUT2D eigenvalue weighted by molar-refractivity contribution is 4.93. The fourth-order valence-corrected chi connectivity index (χ4v) is 1.60. The third kappa shape index (κ3) is 4.88. The molecule has 0 heterocycles. The first-order valence-corrected chi connectivity index (χ1v) is 6.40. The van der Waals surface area contributed by atoms with Gasteiger partial charge in [-0.05, 0) is 39.5 Å². The smallest absolute Gasteiger partial charge is 0.0945 e. The second-order valence-corrected chi connectivity index (χ2v) is 4.49. The maximum Gasteiger partial charge on any atom is 0.0945 e. The van der Waals surface area contributed by atoms with E-state index in [1.807, 2.05) is 6.92 Å². The summed E-state index contributed by atoms with van der Waals surface area (Å²) in [4.78, 5) is 0. The van der Waals surface area contributed by atoms with Gasteiger partial charge >= 0.3 is 0 Å². The lowest BCUT2D eigenvalue weighted by molar-refractivity contribution is 0.0235. The van der Waals surface area contributed by atoms with Gasteiger partial charge in [-0.2, -0.15) is 10.2 Å². The summed E-state index contributed by atoms with van der Waals surface area (Å²) in [5, 5.41) is 8.54. The minimum absolute atomic E-state index is 0.158. The molecule has 1 fully saturated rings. The van der Waals surface area contributed by atoms with E-state index in [9.17, 15) is 0 Å². The Bertz CT molecular complexity index is 257. The Hall–Kier alpha value is -0.700. The SMILES string of the molecule is CC/C=C(/C)N=NC(C)C(CC)OC1CC1. The van der Waals surface area contributed by atoms with Gasteiger partial charge in [-0.25, -0.2) is 0 Å². The Morgan fingerprint density at radius 2 is 2.12 bits per heavy atom. The highest BCUT2D eigenvalue weighted by atomic mass is 16.5. The van der Waals surface area contributed by atoms with Crippen LogP contribution in [0, 0.1) is 0 Å². The molecule has 92 valence electrons. The van der Waals surface area contributed by atoms with E-state index in [1.165, 1.54) is 12.8 Å². The van der Waals surface area contributed by atoms with Gasteiger partial charge in [0.05, 0.1) is 23.9 Å². The number of nitrogens with zero attached hydrogens (tertiary/aromatic N) is 2. The summed E-state index contributed by atoms with van der Waals surface area (Å²) in [6.07, 6.45) is 7.26. The topological polar surface area (TPSA) is 34.0 Å². The summed E-state index contributed by atoms with van der Waals surface area (Å²) in [5.41, 5.74) is 0.996. The number of hydrogen-bond donors (Lipinski definition) is 0. The van der Waals surface area contributed by atoms with Crippen molar-refractivity contribution in [2.75, 3.05) is 0 Å². The Labute approximate surface area is 99.0 Å². The van der Waals surface area contributed by atoms with Crippen molar-refractivity contribution in [1.82, 2.24) is 0 Å². The summed E-state index contributed by atoms with van der Waals surface area (Å²) in [6, 6.07) is 0.158. The number of azo groups is 1. The minimum atomic E-state index is 0.158. The van der Waals surface area contributed by atoms with Crippen molar-refractivity contribution >= 4 is 0 Å². The van der Waals surface area contributed by atoms with Crippen LogP contribution in [0.2, 0.25) is 0 Å². The van der Waals surface area contributed by atoms with E-state index >= 15 is 0 Å². The van der Waals surface area contributed by atoms with E-state index in [1.54, 1.807) is 0 Å². The molecule has 0 saturated heterocycles. The van der Waals surface area contributed by atoms with Crippen LogP contribution in [0.3, 0.4) is 0 Å². The fourth-order valence-electron chi connectivity index (χ4n) is 1.60. The average Bonchev–Trinajstić information content (AvgIpc) is 3.07. The summed E-state index contributed by atoms with van der Waals surface area (Å²) in [7, 11) is 0. The molecule has 3 heteroatoms. The predicted octanol–water partition coefficient (Wildman–Crippen LogP) is 4.10. The highest BCUT2D eigenvalue weighted by Gasteiger charge is 2.28. The van der Waals surface area contributed by atoms with E-state index in [0.29, 0.717) is 6.10 Å². The normalized spacial score (nSPS) is 21.4. The molecule has 1 saturated carbocycles. The van der Waals surface area contributed by atoms with Crippen molar-refractivity contribution in [3.05, 3.63) is 11.8 Å². The van der Waals surface area contributed by atoms with Crippen molar-refractivity contribution in [1.29, 1.82) is 0 Å². The number of allylic oxidation sites excluding steroid dienone is 2. The van der Waals surface area contributed by atoms with Gasteiger partial charge in [0, 0.05) is 0 Å². The molecule has 0 aliphatic heterocycles. The lowest BCUT2D eigenvalue weighted by Gasteiger charge is -2.18. The molecule has 0 aromatic rings. The van der Waals surface area contributed by atoms with Gasteiger partial charge in [0.1, 0.15) is 0 Å². The van der Waals surface area contributed by atoms with E-state index in [2.05, 4.69) is 37.1 Å². The molecular weight excluding hydrogens is 200 g/mol. The standard InChI is InChI=1S/C13H24N2O/c1-5-7-10(3)14-15-11(4)13(6-2)16-12-8-9-12/h7,11-13H,5-6,8-9H2,1-4H3/b10-7-,15-14?. The fraction of sp³-hybridized carbons (Fsp3) is 0.846. The van der Waals surface area contributed by atoms with Crippen LogP contribution in [-0.4, -0.2) is 18.2 Å². The molecule has 2 unspecified atom stereocenters. The maximum absolute atomic E-state index is 5.89. The van der Waals surface area contributed by atoms with Gasteiger partial charge in [0.15, 0.2) is 0 Å². The molecule has 0 bridgehead atoms. The Morgan fingerprint density at radius 1 is 1.44 bits per heavy atom. The number of rotatable bonds is 7. The van der Waals surface area contributed by atoms with Gasteiger partial charge in [-0.1, -0.05) is 19.9 Å². The van der Waals surface area contributed by atoms with Crippen molar-refractivity contribution in [3.8, 4) is 0 Å². The van der Waals surface area contributed by atoms with Gasteiger partial charge in [0.2, 0.25) is 0 Å². The van der Waals surface area contributed by atoms with Crippen LogP contribution in [0.4, 0.5) is 0 Å². The third-order valence-electron chi connectivity index (χ3n) is 2.73. The first-order chi connectivity index (χ1) is 7.67. The molecule has 0 aromatic heterocycles. The van der Waals surface area contributed by atoms with E-state index in [-0.39, 0.29) is 12.1 Å². The molecule has 1 aliphatic rings. The Morgan fingerprint density at radius 3 is 2.62 bits per heavy atom. The number of hydrogen-bond acceptors (Lipinski definition) is 3. The lowest BCUT2D eigenvalue weighted by Crippen LogP contribution is -2.25. The molecule has 3 nitrogen and oxygen atoms in total. The summed E-state index contributed by atoms with van der Waals surface area (Å²) in [5.74, 6) is 0. The molecule has 0 radical (unpaired) electrons. The average molecular weight is 224 g/mol. The van der Waals surface area contributed by atoms with Gasteiger partial charge < -0.3 is 4.74 Å². The molecule has 0 aromatic carbocycles. The van der Waals surface area contributed by atoms with Crippen LogP contribution in [-0.2, 0) is 4.74 Å². The van der Waals surface area contributed by atoms with Crippen molar-refractivity contribution in [2.45, 2.75) is 71.6 Å². The zero-order valence-electron chi connectivity index (χ0n) is 10.9. The van der Waals surface area contributed by atoms with E-state index < -0.39 is 0 Å². The highest BCUT2D eigenvalue weighted by Crippen LogP contribution is 2.27. The van der Waals surface area contributed by atoms with E-state index in [0.717, 1.165) is 18.5 Å². The molecule has 0 N–H and O–H groups in total. The summed E-state index contributed by atoms with van der Waals surface area (Å²) < 4.78 is 5.89. The second kappa shape index (κ2) is 6.79. The first-order valence-electron chi connectivity index (χ1n) is 6.40. The monoisotopic (exact) mass is 224 g/mol. The van der Waals surface area contributed by atoms with Crippen LogP contribution >= 0.6 is 0 Å². The van der Waals surface area contributed by atoms with Gasteiger partial charge in [-0.15, -0.1) is 0 Å². The van der Waals surface area contributed by atoms with Gasteiger partial charge in [0.25, 0.3) is 0 Å². The molecule has 0 amide bonds. The lowest BCUT2D eigenvalue weighted by atomic mass is 10.1. The van der Waals surface area contributed by atoms with Crippen LogP contribution in [0.15, 0.2) is 22.0 Å². The summed E-state index contributed by atoms with van der Waals surface area (Å²) in [6.45, 7) is 8.32. The molecule has 1 rings (SSSR count). The molecular formula is C13H24N2O. The van der Waals surface area contributed by atoms with E-state index in [4.69, 9.17) is 4.74 Å². The quantitative estimate of drug-likeness (QED) is 0.599. The minimum Gasteiger partial charge on any atom is -0.373 e. The van der Waals surface area contributed by atoms with Crippen LogP contribution in [0.25, 0.3) is 0 Å². The zero-order chi connectivity index (χ0) is 12.0. The maximum atomic E-state index is 5.89. The summed E-state index contributed by atoms with van der Waals surface area (Å²) >= 11 is 0. The molecule has 0 spiro atoms. The predicted molar refractivity (Wildman–Crippen MR) is 66.6 cm³/mol. The van der Waals surface area contributed by atoms with Crippen molar-refractivity contribution in [2.24, 2.45) is 10.2 Å². The molecule has 16 heavy (non-hydrogen) atoms. The Kier molecular flexibility index (Phi) is 5.67. The van der Waals surface area contributed by atoms with Crippen molar-refractivity contribution in [3.63, 3.8) is 0 Å². The van der Waals surface area contributed by atoms with Crippen LogP contribution < -0.4 is 0 Å². The first kappa shape index (κ1) is 13.4. The number of ether oxygens (including phenoxy) is 1.